The Hall–Kier alpha value is -0.880. The van der Waals surface area contributed by atoms with Crippen LogP contribution in [0.3, 0.4) is 0 Å². The molecule has 3 N–H and O–H groups in total. The van der Waals surface area contributed by atoms with Crippen LogP contribution in [0.25, 0.3) is 0 Å². The topological polar surface area (TPSA) is 58.7 Å². The molecule has 6 heteroatoms. The average Bonchev–Trinajstić information content (AvgIpc) is 2.38. The van der Waals surface area contributed by atoms with E-state index in [9.17, 15) is 5.11 Å². The number of halogens is 1. The zero-order valence-electron chi connectivity index (χ0n) is 11.4. The van der Waals surface area contributed by atoms with E-state index in [1.165, 1.54) is 0 Å². The summed E-state index contributed by atoms with van der Waals surface area (Å²) >= 11 is 11.2. The highest BCUT2D eigenvalue weighted by Crippen LogP contribution is 2.29. The van der Waals surface area contributed by atoms with Crippen LogP contribution >= 0.6 is 23.8 Å². The molecule has 1 fully saturated rings. The molecular weight excluding hydrogens is 296 g/mol. The molecule has 20 heavy (non-hydrogen) atoms. The van der Waals surface area contributed by atoms with Crippen LogP contribution in [-0.4, -0.2) is 42.5 Å². The fraction of sp³-hybridized carbons (Fsp3) is 0.500. The van der Waals surface area contributed by atoms with Crippen LogP contribution in [0.15, 0.2) is 18.2 Å². The SMILES string of the molecule is CN(CC1(O)CCOCC1)c1cccc(Cl)c1C(N)=S. The van der Waals surface area contributed by atoms with Crippen LogP contribution in [-0.2, 0) is 4.74 Å². The first kappa shape index (κ1) is 15.5. The first-order valence-corrected chi connectivity index (χ1v) is 7.31. The molecule has 1 aliphatic rings. The Morgan fingerprint density at radius 2 is 2.15 bits per heavy atom. The number of ether oxygens (including phenoxy) is 1. The van der Waals surface area contributed by atoms with E-state index in [2.05, 4.69) is 0 Å². The third-order valence-corrected chi connectivity index (χ3v) is 4.12. The lowest BCUT2D eigenvalue weighted by Crippen LogP contribution is -2.46. The third-order valence-electron chi connectivity index (χ3n) is 3.60. The molecule has 0 aromatic heterocycles. The van der Waals surface area contributed by atoms with Gasteiger partial charge in [0.2, 0.25) is 0 Å². The van der Waals surface area contributed by atoms with Gasteiger partial charge in [0.1, 0.15) is 4.99 Å². The molecule has 0 atom stereocenters. The zero-order valence-corrected chi connectivity index (χ0v) is 13.0. The number of hydrogen-bond acceptors (Lipinski definition) is 4. The summed E-state index contributed by atoms with van der Waals surface area (Å²) in [5.41, 5.74) is 6.50. The summed E-state index contributed by atoms with van der Waals surface area (Å²) in [6, 6.07) is 5.52. The second-order valence-corrected chi connectivity index (χ2v) is 6.04. The lowest BCUT2D eigenvalue weighted by molar-refractivity contribution is -0.0572. The van der Waals surface area contributed by atoms with Crippen LogP contribution in [0, 0.1) is 0 Å². The first-order valence-electron chi connectivity index (χ1n) is 6.52. The summed E-state index contributed by atoms with van der Waals surface area (Å²) < 4.78 is 5.29. The molecule has 0 amide bonds. The lowest BCUT2D eigenvalue weighted by atomic mass is 9.93. The molecule has 0 spiro atoms. The Morgan fingerprint density at radius 1 is 1.50 bits per heavy atom. The van der Waals surface area contributed by atoms with Gasteiger partial charge in [-0.05, 0) is 12.1 Å². The molecule has 4 nitrogen and oxygen atoms in total. The van der Waals surface area contributed by atoms with Crippen molar-refractivity contribution in [2.45, 2.75) is 18.4 Å². The van der Waals surface area contributed by atoms with Crippen LogP contribution in [0.4, 0.5) is 5.69 Å². The van der Waals surface area contributed by atoms with E-state index in [4.69, 9.17) is 34.3 Å². The molecule has 2 rings (SSSR count). The van der Waals surface area contributed by atoms with Crippen LogP contribution in [0.2, 0.25) is 5.02 Å². The van der Waals surface area contributed by atoms with Gasteiger partial charge in [0.25, 0.3) is 0 Å². The van der Waals surface area contributed by atoms with Gasteiger partial charge in [0.05, 0.1) is 16.2 Å². The Kier molecular flexibility index (Phi) is 4.86. The van der Waals surface area contributed by atoms with Crippen molar-refractivity contribution in [3.63, 3.8) is 0 Å². The maximum Gasteiger partial charge on any atom is 0.107 e. The molecule has 0 radical (unpaired) electrons. The first-order chi connectivity index (χ1) is 9.43. The van der Waals surface area contributed by atoms with Gasteiger partial charge in [-0.25, -0.2) is 0 Å². The Labute approximate surface area is 129 Å². The van der Waals surface area contributed by atoms with E-state index in [0.29, 0.717) is 43.2 Å². The average molecular weight is 315 g/mol. The summed E-state index contributed by atoms with van der Waals surface area (Å²) in [6.45, 7) is 1.66. The Morgan fingerprint density at radius 3 is 2.75 bits per heavy atom. The lowest BCUT2D eigenvalue weighted by Gasteiger charge is -2.36. The quantitative estimate of drug-likeness (QED) is 0.832. The van der Waals surface area contributed by atoms with Crippen molar-refractivity contribution in [1.29, 1.82) is 0 Å². The van der Waals surface area contributed by atoms with E-state index in [0.717, 1.165) is 5.69 Å². The normalized spacial score (nSPS) is 17.8. The number of nitrogens with zero attached hydrogens (tertiary/aromatic N) is 1. The maximum atomic E-state index is 10.6. The zero-order chi connectivity index (χ0) is 14.8. The summed E-state index contributed by atoms with van der Waals surface area (Å²) in [6.07, 6.45) is 1.25. The minimum atomic E-state index is -0.747. The van der Waals surface area contributed by atoms with Gasteiger partial charge in [-0.15, -0.1) is 0 Å². The number of rotatable bonds is 4. The maximum absolute atomic E-state index is 10.6. The molecule has 1 aromatic carbocycles. The highest BCUT2D eigenvalue weighted by atomic mass is 35.5. The van der Waals surface area contributed by atoms with Crippen molar-refractivity contribution >= 4 is 34.5 Å². The largest absolute Gasteiger partial charge is 0.389 e. The number of benzene rings is 1. The van der Waals surface area contributed by atoms with Gasteiger partial charge in [-0.2, -0.15) is 0 Å². The van der Waals surface area contributed by atoms with Crippen LogP contribution in [0.1, 0.15) is 18.4 Å². The third kappa shape index (κ3) is 3.41. The Balaban J connectivity index is 2.23. The number of likely N-dealkylation sites (N-methyl/N-ethyl adjacent to an activating group) is 1. The highest BCUT2D eigenvalue weighted by molar-refractivity contribution is 7.80. The van der Waals surface area contributed by atoms with Crippen LogP contribution < -0.4 is 10.6 Å². The van der Waals surface area contributed by atoms with E-state index in [1.54, 1.807) is 6.07 Å². The predicted molar refractivity (Wildman–Crippen MR) is 85.6 cm³/mol. The van der Waals surface area contributed by atoms with Crippen molar-refractivity contribution in [1.82, 2.24) is 0 Å². The molecule has 110 valence electrons. The molecule has 0 aliphatic carbocycles. The molecule has 1 aromatic rings. The summed E-state index contributed by atoms with van der Waals surface area (Å²) in [7, 11) is 1.90. The number of nitrogens with two attached hydrogens (primary N) is 1. The van der Waals surface area contributed by atoms with Crippen molar-refractivity contribution in [2.24, 2.45) is 5.73 Å². The molecule has 1 aliphatic heterocycles. The number of aliphatic hydroxyl groups is 1. The smallest absolute Gasteiger partial charge is 0.107 e. The van der Waals surface area contributed by atoms with Gasteiger partial charge in [0, 0.05) is 45.3 Å². The van der Waals surface area contributed by atoms with Gasteiger partial charge >= 0.3 is 0 Å². The van der Waals surface area contributed by atoms with Gasteiger partial charge in [-0.1, -0.05) is 29.9 Å². The van der Waals surface area contributed by atoms with Crippen molar-refractivity contribution in [3.05, 3.63) is 28.8 Å². The van der Waals surface area contributed by atoms with Gasteiger partial charge in [-0.3, -0.25) is 0 Å². The molecule has 1 heterocycles. The second-order valence-electron chi connectivity index (χ2n) is 5.19. The number of thiocarbonyl (C=S) groups is 1. The molecular formula is C14H19ClN2O2S. The van der Waals surface area contributed by atoms with E-state index in [1.807, 2.05) is 24.1 Å². The van der Waals surface area contributed by atoms with E-state index >= 15 is 0 Å². The van der Waals surface area contributed by atoms with Gasteiger partial charge < -0.3 is 20.5 Å². The van der Waals surface area contributed by atoms with Crippen molar-refractivity contribution in [2.75, 3.05) is 31.7 Å². The standard InChI is InChI=1S/C14H19ClN2O2S/c1-17(9-14(18)5-7-19-8-6-14)11-4-2-3-10(15)12(11)13(16)20/h2-4,18H,5-9H2,1H3,(H2,16,20). The summed E-state index contributed by atoms with van der Waals surface area (Å²) in [5.74, 6) is 0. The summed E-state index contributed by atoms with van der Waals surface area (Å²) in [4.78, 5) is 2.21. The van der Waals surface area contributed by atoms with Crippen molar-refractivity contribution in [3.8, 4) is 0 Å². The van der Waals surface area contributed by atoms with Gasteiger partial charge in [0.15, 0.2) is 0 Å². The monoisotopic (exact) mass is 314 g/mol. The fourth-order valence-corrected chi connectivity index (χ4v) is 3.05. The summed E-state index contributed by atoms with van der Waals surface area (Å²) in [5, 5.41) is 11.1. The molecule has 0 saturated carbocycles. The molecule has 1 saturated heterocycles. The van der Waals surface area contributed by atoms with E-state index < -0.39 is 5.60 Å². The minimum absolute atomic E-state index is 0.261. The Bertz CT molecular complexity index is 504. The molecule has 0 unspecified atom stereocenters. The highest BCUT2D eigenvalue weighted by Gasteiger charge is 2.31. The molecule has 0 bridgehead atoms. The number of anilines is 1. The van der Waals surface area contributed by atoms with Crippen molar-refractivity contribution < 1.29 is 9.84 Å². The van der Waals surface area contributed by atoms with E-state index in [-0.39, 0.29) is 4.99 Å². The fourth-order valence-electron chi connectivity index (χ4n) is 2.51. The number of hydrogen-bond donors (Lipinski definition) is 2. The van der Waals surface area contributed by atoms with Crippen LogP contribution in [0.5, 0.6) is 0 Å². The minimum Gasteiger partial charge on any atom is -0.389 e. The predicted octanol–water partition coefficient (Wildman–Crippen LogP) is 1.95. The second kappa shape index (κ2) is 6.26.